The minimum atomic E-state index is -0.433. The Balaban J connectivity index is 2.47. The third-order valence-corrected chi connectivity index (χ3v) is 4.92. The van der Waals surface area contributed by atoms with E-state index in [-0.39, 0.29) is 9.83 Å². The molecule has 1 amide bonds. The molecule has 0 bridgehead atoms. The van der Waals surface area contributed by atoms with E-state index in [2.05, 4.69) is 4.99 Å². The zero-order valence-corrected chi connectivity index (χ0v) is 12.6. The van der Waals surface area contributed by atoms with Crippen molar-refractivity contribution in [3.8, 4) is 5.88 Å². The van der Waals surface area contributed by atoms with Crippen molar-refractivity contribution in [1.29, 1.82) is 0 Å². The number of carbonyl (C=O) groups is 1. The number of amides is 1. The highest BCUT2D eigenvalue weighted by atomic mass is 35.5. The highest BCUT2D eigenvalue weighted by Gasteiger charge is 2.25. The number of rotatable bonds is 1. The number of nitrogen functional groups attached to an aromatic ring is 1. The molecule has 0 unspecified atom stereocenters. The summed E-state index contributed by atoms with van der Waals surface area (Å²) in [7, 11) is 0. The van der Waals surface area contributed by atoms with Crippen LogP contribution in [0.15, 0.2) is 17.1 Å². The molecule has 0 saturated carbocycles. The van der Waals surface area contributed by atoms with Gasteiger partial charge in [-0.15, -0.1) is 0 Å². The smallest absolute Gasteiger partial charge is 0.279 e. The topological polar surface area (TPSA) is 80.6 Å². The summed E-state index contributed by atoms with van der Waals surface area (Å²) in [5.41, 5.74) is 1.03. The number of fused-ring (bicyclic) bond motifs is 1. The quantitative estimate of drug-likeness (QED) is 0.606. The fourth-order valence-corrected chi connectivity index (χ4v) is 3.39. The van der Waals surface area contributed by atoms with Gasteiger partial charge >= 0.3 is 0 Å². The van der Waals surface area contributed by atoms with E-state index in [0.717, 1.165) is 21.6 Å². The van der Waals surface area contributed by atoms with E-state index < -0.39 is 5.91 Å². The summed E-state index contributed by atoms with van der Waals surface area (Å²) in [6.07, 6.45) is 0. The third-order valence-electron chi connectivity index (χ3n) is 3.11. The van der Waals surface area contributed by atoms with Gasteiger partial charge in [-0.3, -0.25) is 4.79 Å². The van der Waals surface area contributed by atoms with Crippen molar-refractivity contribution in [3.05, 3.63) is 42.1 Å². The highest BCUT2D eigenvalue weighted by molar-refractivity contribution is 7.73. The van der Waals surface area contributed by atoms with Crippen LogP contribution >= 0.6 is 35.2 Å². The van der Waals surface area contributed by atoms with Crippen molar-refractivity contribution in [2.75, 3.05) is 5.84 Å². The minimum Gasteiger partial charge on any atom is -0.492 e. The lowest BCUT2D eigenvalue weighted by Crippen LogP contribution is -2.26. The molecule has 0 atom stereocenters. The summed E-state index contributed by atoms with van der Waals surface area (Å²) in [6.45, 7) is 1.79. The average Bonchev–Trinajstić information content (AvgIpc) is 2.86. The lowest BCUT2D eigenvalue weighted by Gasteiger charge is -1.99. The first-order valence-corrected chi connectivity index (χ1v) is 7.15. The molecule has 2 heterocycles. The maximum atomic E-state index is 12.1. The monoisotopic (exact) mass is 325 g/mol. The number of carbonyl (C=O) groups excluding carboxylic acids is 1. The number of thiazole rings is 1. The maximum absolute atomic E-state index is 12.1. The zero-order chi connectivity index (χ0) is 14.6. The molecule has 1 aliphatic rings. The van der Waals surface area contributed by atoms with E-state index in [4.69, 9.17) is 29.7 Å². The Morgan fingerprint density at radius 3 is 2.80 bits per heavy atom. The number of hydrogen-bond donors (Lipinski definition) is 2. The van der Waals surface area contributed by atoms with Crippen LogP contribution in [0.5, 0.6) is 5.88 Å². The molecule has 3 rings (SSSR count). The fourth-order valence-electron chi connectivity index (χ4n) is 2.05. The SMILES string of the molecule is Cc1c(Cl)ccc2c1=NC(=O)C=2c1sc(=S)n(N)c1O. The van der Waals surface area contributed by atoms with Gasteiger partial charge in [0.2, 0.25) is 5.88 Å². The Bertz CT molecular complexity index is 943. The molecular weight excluding hydrogens is 318 g/mol. The molecule has 3 N–H and O–H groups in total. The lowest BCUT2D eigenvalue weighted by atomic mass is 10.1. The van der Waals surface area contributed by atoms with Crippen LogP contribution in [0, 0.1) is 10.9 Å². The van der Waals surface area contributed by atoms with Crippen molar-refractivity contribution < 1.29 is 9.90 Å². The number of nitrogens with zero attached hydrogens (tertiary/aromatic N) is 2. The summed E-state index contributed by atoms with van der Waals surface area (Å²) in [5, 5.41) is 11.7. The highest BCUT2D eigenvalue weighted by Crippen LogP contribution is 2.31. The number of hydrogen-bond acceptors (Lipinski definition) is 5. The van der Waals surface area contributed by atoms with Crippen LogP contribution in [0.25, 0.3) is 5.57 Å². The van der Waals surface area contributed by atoms with E-state index in [1.165, 1.54) is 0 Å². The first-order valence-electron chi connectivity index (χ1n) is 5.54. The number of aromatic nitrogens is 1. The van der Waals surface area contributed by atoms with Gasteiger partial charge in [0, 0.05) is 10.2 Å². The van der Waals surface area contributed by atoms with Gasteiger partial charge in [0.15, 0.2) is 3.95 Å². The van der Waals surface area contributed by atoms with E-state index >= 15 is 0 Å². The van der Waals surface area contributed by atoms with Crippen LogP contribution in [0.4, 0.5) is 0 Å². The number of aromatic hydroxyl groups is 1. The van der Waals surface area contributed by atoms with Gasteiger partial charge in [-0.25, -0.2) is 9.67 Å². The summed E-state index contributed by atoms with van der Waals surface area (Å²) in [4.78, 5) is 16.5. The molecule has 0 fully saturated rings. The van der Waals surface area contributed by atoms with Crippen LogP contribution in [-0.2, 0) is 4.79 Å². The molecule has 0 aliphatic carbocycles. The van der Waals surface area contributed by atoms with Gasteiger partial charge in [-0.1, -0.05) is 29.0 Å². The summed E-state index contributed by atoms with van der Waals surface area (Å²) in [5.74, 6) is 4.92. The van der Waals surface area contributed by atoms with Crippen LogP contribution in [0.1, 0.15) is 10.4 Å². The summed E-state index contributed by atoms with van der Waals surface area (Å²) in [6, 6.07) is 3.40. The predicted octanol–water partition coefficient (Wildman–Crippen LogP) is 1.02. The Hall–Kier alpha value is -1.70. The molecule has 0 radical (unpaired) electrons. The molecule has 1 aromatic carbocycles. The number of halogens is 1. The number of nitrogens with two attached hydrogens (primary N) is 1. The van der Waals surface area contributed by atoms with Gasteiger partial charge in [0.1, 0.15) is 4.88 Å². The van der Waals surface area contributed by atoms with E-state index in [1.54, 1.807) is 19.1 Å². The second-order valence-electron chi connectivity index (χ2n) is 4.25. The Labute approximate surface area is 127 Å². The lowest BCUT2D eigenvalue weighted by molar-refractivity contribution is -0.112. The van der Waals surface area contributed by atoms with Gasteiger partial charge < -0.3 is 10.9 Å². The van der Waals surface area contributed by atoms with Crippen molar-refractivity contribution in [3.63, 3.8) is 0 Å². The Morgan fingerprint density at radius 1 is 1.50 bits per heavy atom. The third kappa shape index (κ3) is 1.71. The first-order chi connectivity index (χ1) is 9.41. The molecule has 5 nitrogen and oxygen atoms in total. The van der Waals surface area contributed by atoms with Gasteiger partial charge in [-0.05, 0) is 30.8 Å². The van der Waals surface area contributed by atoms with Crippen molar-refractivity contribution in [2.24, 2.45) is 4.99 Å². The molecule has 8 heteroatoms. The average molecular weight is 326 g/mol. The van der Waals surface area contributed by atoms with Gasteiger partial charge in [-0.2, -0.15) is 0 Å². The standard InChI is InChI=1S/C12H8ClN3O2S2/c1-4-6(13)3-2-5-7(10(17)15-8(4)5)9-11(18)16(14)12(19)20-9/h2-3,18H,14H2,1H3. The zero-order valence-electron chi connectivity index (χ0n) is 10.2. The van der Waals surface area contributed by atoms with Gasteiger partial charge in [0.25, 0.3) is 5.91 Å². The van der Waals surface area contributed by atoms with Crippen LogP contribution in [-0.4, -0.2) is 15.7 Å². The molecule has 20 heavy (non-hydrogen) atoms. The molecule has 2 aromatic rings. The molecule has 102 valence electrons. The molecule has 0 spiro atoms. The fraction of sp³-hybridized carbons (Fsp3) is 0.0833. The van der Waals surface area contributed by atoms with Crippen molar-refractivity contribution >= 4 is 46.6 Å². The normalized spacial score (nSPS) is 13.5. The molecule has 1 aromatic heterocycles. The number of benzene rings is 1. The van der Waals surface area contributed by atoms with Crippen LogP contribution in [0.2, 0.25) is 5.02 Å². The van der Waals surface area contributed by atoms with Crippen LogP contribution < -0.4 is 16.4 Å². The Kier molecular flexibility index (Phi) is 2.93. The maximum Gasteiger partial charge on any atom is 0.279 e. The summed E-state index contributed by atoms with van der Waals surface area (Å²) >= 11 is 12.1. The first kappa shape index (κ1) is 13.3. The summed E-state index contributed by atoms with van der Waals surface area (Å²) < 4.78 is 1.24. The second-order valence-corrected chi connectivity index (χ2v) is 6.30. The molecular formula is C12H8ClN3O2S2. The van der Waals surface area contributed by atoms with Crippen molar-refractivity contribution in [1.82, 2.24) is 4.68 Å². The van der Waals surface area contributed by atoms with Crippen LogP contribution in [0.3, 0.4) is 0 Å². The molecule has 1 aliphatic heterocycles. The molecule has 0 saturated heterocycles. The van der Waals surface area contributed by atoms with E-state index in [9.17, 15) is 9.90 Å². The van der Waals surface area contributed by atoms with Crippen molar-refractivity contribution in [2.45, 2.75) is 6.92 Å². The van der Waals surface area contributed by atoms with E-state index in [1.807, 2.05) is 0 Å². The second kappa shape index (κ2) is 4.41. The minimum absolute atomic E-state index is 0.237. The largest absolute Gasteiger partial charge is 0.492 e. The Morgan fingerprint density at radius 2 is 2.20 bits per heavy atom. The van der Waals surface area contributed by atoms with Gasteiger partial charge in [0.05, 0.1) is 10.9 Å². The van der Waals surface area contributed by atoms with E-state index in [0.29, 0.717) is 26.0 Å². The predicted molar refractivity (Wildman–Crippen MR) is 79.4 cm³/mol.